The predicted molar refractivity (Wildman–Crippen MR) is 85.3 cm³/mol. The van der Waals surface area contributed by atoms with E-state index in [-0.39, 0.29) is 11.9 Å². The molecule has 2 nitrogen and oxygen atoms in total. The molecule has 0 amide bonds. The minimum Gasteiger partial charge on any atom is -0.491 e. The summed E-state index contributed by atoms with van der Waals surface area (Å²) < 4.78 is 18.8. The molecule has 0 aromatic heterocycles. The molecule has 0 aliphatic carbocycles. The Bertz CT molecular complexity index is 553. The SMILES string of the molecule is CCCOc1ccccc1NC(CC)c1ccc(F)cc1. The maximum Gasteiger partial charge on any atom is 0.142 e. The van der Waals surface area contributed by atoms with Crippen LogP contribution in [0.5, 0.6) is 5.75 Å². The van der Waals surface area contributed by atoms with Crippen LogP contribution >= 0.6 is 0 Å². The largest absolute Gasteiger partial charge is 0.491 e. The van der Waals surface area contributed by atoms with Gasteiger partial charge in [0.15, 0.2) is 0 Å². The topological polar surface area (TPSA) is 21.3 Å². The summed E-state index contributed by atoms with van der Waals surface area (Å²) in [6.45, 7) is 4.89. The summed E-state index contributed by atoms with van der Waals surface area (Å²) in [4.78, 5) is 0. The van der Waals surface area contributed by atoms with Crippen molar-refractivity contribution in [1.82, 2.24) is 0 Å². The van der Waals surface area contributed by atoms with Gasteiger partial charge in [-0.25, -0.2) is 4.39 Å². The van der Waals surface area contributed by atoms with Gasteiger partial charge in [0, 0.05) is 0 Å². The number of rotatable bonds is 7. The maximum atomic E-state index is 13.0. The van der Waals surface area contributed by atoms with Crippen LogP contribution in [0.3, 0.4) is 0 Å². The molecular formula is C18H22FNO. The van der Waals surface area contributed by atoms with Crippen LogP contribution < -0.4 is 10.1 Å². The standard InChI is InChI=1S/C18H22FNO/c1-3-13-21-18-8-6-5-7-17(18)20-16(4-2)14-9-11-15(19)12-10-14/h5-12,16,20H,3-4,13H2,1-2H3. The second-order valence-electron chi connectivity index (χ2n) is 5.00. The van der Waals surface area contributed by atoms with E-state index in [1.54, 1.807) is 0 Å². The van der Waals surface area contributed by atoms with E-state index in [1.165, 1.54) is 12.1 Å². The fourth-order valence-electron chi connectivity index (χ4n) is 2.23. The minimum atomic E-state index is -0.208. The van der Waals surface area contributed by atoms with Gasteiger partial charge in [0.1, 0.15) is 11.6 Å². The van der Waals surface area contributed by atoms with Crippen molar-refractivity contribution in [3.8, 4) is 5.75 Å². The highest BCUT2D eigenvalue weighted by molar-refractivity contribution is 5.57. The molecule has 1 unspecified atom stereocenters. The molecule has 0 aliphatic heterocycles. The van der Waals surface area contributed by atoms with Crippen LogP contribution in [0.15, 0.2) is 48.5 Å². The van der Waals surface area contributed by atoms with E-state index in [9.17, 15) is 4.39 Å². The third kappa shape index (κ3) is 4.22. The lowest BCUT2D eigenvalue weighted by atomic mass is 10.0. The average Bonchev–Trinajstić information content (AvgIpc) is 2.52. The van der Waals surface area contributed by atoms with Crippen LogP contribution in [0.2, 0.25) is 0 Å². The van der Waals surface area contributed by atoms with Gasteiger partial charge in [0.2, 0.25) is 0 Å². The number of anilines is 1. The molecule has 0 fully saturated rings. The van der Waals surface area contributed by atoms with Crippen LogP contribution in [0.25, 0.3) is 0 Å². The Balaban J connectivity index is 2.16. The number of hydrogen-bond acceptors (Lipinski definition) is 2. The van der Waals surface area contributed by atoms with Crippen molar-refractivity contribution in [2.45, 2.75) is 32.7 Å². The van der Waals surface area contributed by atoms with E-state index in [0.29, 0.717) is 6.61 Å². The minimum absolute atomic E-state index is 0.136. The van der Waals surface area contributed by atoms with E-state index >= 15 is 0 Å². The van der Waals surface area contributed by atoms with Crippen molar-refractivity contribution >= 4 is 5.69 Å². The molecule has 0 spiro atoms. The predicted octanol–water partition coefficient (Wildman–Crippen LogP) is 5.18. The summed E-state index contributed by atoms with van der Waals surface area (Å²) in [7, 11) is 0. The molecule has 1 atom stereocenters. The summed E-state index contributed by atoms with van der Waals surface area (Å²) in [5.74, 6) is 0.653. The van der Waals surface area contributed by atoms with Gasteiger partial charge in [-0.15, -0.1) is 0 Å². The Morgan fingerprint density at radius 2 is 1.76 bits per heavy atom. The average molecular weight is 287 g/mol. The Morgan fingerprint density at radius 3 is 2.43 bits per heavy atom. The molecule has 0 bridgehead atoms. The van der Waals surface area contributed by atoms with Crippen LogP contribution in [0.4, 0.5) is 10.1 Å². The highest BCUT2D eigenvalue weighted by Gasteiger charge is 2.11. The molecule has 0 radical (unpaired) electrons. The maximum absolute atomic E-state index is 13.0. The molecule has 2 aromatic rings. The third-order valence-electron chi connectivity index (χ3n) is 3.36. The van der Waals surface area contributed by atoms with Crippen molar-refractivity contribution in [1.29, 1.82) is 0 Å². The zero-order valence-corrected chi connectivity index (χ0v) is 12.6. The molecule has 112 valence electrons. The van der Waals surface area contributed by atoms with E-state index in [4.69, 9.17) is 4.74 Å². The van der Waals surface area contributed by atoms with Crippen molar-refractivity contribution in [3.05, 3.63) is 59.9 Å². The van der Waals surface area contributed by atoms with Gasteiger partial charge in [-0.1, -0.05) is 38.1 Å². The molecule has 2 aromatic carbocycles. The van der Waals surface area contributed by atoms with Gasteiger partial charge in [-0.3, -0.25) is 0 Å². The summed E-state index contributed by atoms with van der Waals surface area (Å²) >= 11 is 0. The van der Waals surface area contributed by atoms with Gasteiger partial charge in [-0.05, 0) is 42.7 Å². The van der Waals surface area contributed by atoms with Gasteiger partial charge < -0.3 is 10.1 Å². The summed E-state index contributed by atoms with van der Waals surface area (Å²) in [5, 5.41) is 3.49. The summed E-state index contributed by atoms with van der Waals surface area (Å²) in [6.07, 6.45) is 1.89. The van der Waals surface area contributed by atoms with Crippen LogP contribution in [0, 0.1) is 5.82 Å². The number of nitrogens with one attached hydrogen (secondary N) is 1. The van der Waals surface area contributed by atoms with Crippen LogP contribution in [-0.4, -0.2) is 6.61 Å². The zero-order chi connectivity index (χ0) is 15.1. The number of ether oxygens (including phenoxy) is 1. The van der Waals surface area contributed by atoms with Crippen molar-refractivity contribution in [2.75, 3.05) is 11.9 Å². The lowest BCUT2D eigenvalue weighted by molar-refractivity contribution is 0.318. The molecular weight excluding hydrogens is 265 g/mol. The Kier molecular flexibility index (Phi) is 5.61. The van der Waals surface area contributed by atoms with Crippen molar-refractivity contribution < 1.29 is 9.13 Å². The lowest BCUT2D eigenvalue weighted by Crippen LogP contribution is -2.11. The molecule has 3 heteroatoms. The quantitative estimate of drug-likeness (QED) is 0.757. The Labute approximate surface area is 126 Å². The number of benzene rings is 2. The molecule has 2 rings (SSSR count). The number of halogens is 1. The van der Waals surface area contributed by atoms with E-state index in [2.05, 4.69) is 19.2 Å². The molecule has 21 heavy (non-hydrogen) atoms. The second kappa shape index (κ2) is 7.67. The monoisotopic (exact) mass is 287 g/mol. The Hall–Kier alpha value is -2.03. The molecule has 0 saturated carbocycles. The summed E-state index contributed by atoms with van der Waals surface area (Å²) in [6, 6.07) is 14.7. The Morgan fingerprint density at radius 1 is 1.05 bits per heavy atom. The first kappa shape index (κ1) is 15.4. The highest BCUT2D eigenvalue weighted by atomic mass is 19.1. The first-order valence-corrected chi connectivity index (χ1v) is 7.48. The fraction of sp³-hybridized carbons (Fsp3) is 0.333. The first-order valence-electron chi connectivity index (χ1n) is 7.48. The van der Waals surface area contributed by atoms with E-state index in [1.807, 2.05) is 36.4 Å². The van der Waals surface area contributed by atoms with Gasteiger partial charge >= 0.3 is 0 Å². The van der Waals surface area contributed by atoms with E-state index in [0.717, 1.165) is 29.8 Å². The van der Waals surface area contributed by atoms with Gasteiger partial charge in [0.05, 0.1) is 18.3 Å². The molecule has 1 N–H and O–H groups in total. The third-order valence-corrected chi connectivity index (χ3v) is 3.36. The van der Waals surface area contributed by atoms with E-state index < -0.39 is 0 Å². The number of para-hydroxylation sites is 2. The molecule has 0 heterocycles. The lowest BCUT2D eigenvalue weighted by Gasteiger charge is -2.21. The van der Waals surface area contributed by atoms with Gasteiger partial charge in [-0.2, -0.15) is 0 Å². The summed E-state index contributed by atoms with van der Waals surface area (Å²) in [5.41, 5.74) is 2.05. The van der Waals surface area contributed by atoms with Crippen molar-refractivity contribution in [2.24, 2.45) is 0 Å². The van der Waals surface area contributed by atoms with Crippen LogP contribution in [-0.2, 0) is 0 Å². The van der Waals surface area contributed by atoms with Crippen LogP contribution in [0.1, 0.15) is 38.3 Å². The normalized spacial score (nSPS) is 12.0. The number of hydrogen-bond donors (Lipinski definition) is 1. The van der Waals surface area contributed by atoms with Crippen molar-refractivity contribution in [3.63, 3.8) is 0 Å². The zero-order valence-electron chi connectivity index (χ0n) is 12.6. The first-order chi connectivity index (χ1) is 10.2. The molecule has 0 saturated heterocycles. The fourth-order valence-corrected chi connectivity index (χ4v) is 2.23. The molecule has 0 aliphatic rings. The smallest absolute Gasteiger partial charge is 0.142 e. The second-order valence-corrected chi connectivity index (χ2v) is 5.00. The van der Waals surface area contributed by atoms with Gasteiger partial charge in [0.25, 0.3) is 0 Å². The highest BCUT2D eigenvalue weighted by Crippen LogP contribution is 2.29.